The lowest BCUT2D eigenvalue weighted by molar-refractivity contribution is -0.118. The molecule has 0 aliphatic carbocycles. The Balaban J connectivity index is 2.07. The predicted molar refractivity (Wildman–Crippen MR) is 143 cm³/mol. The molecule has 9 heteroatoms. The van der Waals surface area contributed by atoms with Gasteiger partial charge < -0.3 is 14.8 Å². The number of aliphatic hydroxyl groups excluding tert-OH is 1. The maximum absolute atomic E-state index is 13.2. The van der Waals surface area contributed by atoms with Crippen LogP contribution in [0.3, 0.4) is 0 Å². The summed E-state index contributed by atoms with van der Waals surface area (Å²) in [6, 6.07) is 14.7. The van der Waals surface area contributed by atoms with Crippen LogP contribution < -0.4 is 10.8 Å². The molecule has 35 heavy (non-hydrogen) atoms. The Labute approximate surface area is 213 Å². The van der Waals surface area contributed by atoms with Gasteiger partial charge >= 0.3 is 0 Å². The van der Waals surface area contributed by atoms with Gasteiger partial charge in [0.1, 0.15) is 20.1 Å². The number of hydrogen-bond donors (Lipinski definition) is 2. The number of aromatic nitrogens is 1. The molecule has 6 nitrogen and oxygen atoms in total. The molecule has 2 aromatic heterocycles. The third-order valence-corrected chi connectivity index (χ3v) is 6.08. The maximum Gasteiger partial charge on any atom is 0.250 e. The highest BCUT2D eigenvalue weighted by molar-refractivity contribution is 6.38. The van der Waals surface area contributed by atoms with Gasteiger partial charge in [-0.2, -0.15) is 0 Å². The number of carbonyl (C=O) groups excluding carboxylic acids is 2. The zero-order valence-corrected chi connectivity index (χ0v) is 21.2. The number of aliphatic hydroxyl groups is 1. The Morgan fingerprint density at radius 3 is 2.34 bits per heavy atom. The molecule has 0 saturated heterocycles. The Bertz CT molecular complexity index is 1460. The fraction of sp³-hybridized carbons (Fsp3) is 0.192. The third-order valence-electron chi connectivity index (χ3n) is 5.51. The van der Waals surface area contributed by atoms with Crippen LogP contribution in [0.25, 0.3) is 33.5 Å². The van der Waals surface area contributed by atoms with Crippen molar-refractivity contribution in [2.45, 2.75) is 20.8 Å². The van der Waals surface area contributed by atoms with Gasteiger partial charge in [0.05, 0.1) is 11.1 Å². The largest absolute Gasteiger partial charge is 0.432 e. The predicted octanol–water partition coefficient (Wildman–Crippen LogP) is 4.89. The summed E-state index contributed by atoms with van der Waals surface area (Å²) in [6.45, 7) is 4.52. The van der Waals surface area contributed by atoms with E-state index in [-0.39, 0.29) is 22.9 Å². The molecule has 1 amide bonds. The van der Waals surface area contributed by atoms with Crippen molar-refractivity contribution in [3.05, 3.63) is 64.3 Å². The number of nitrogens with one attached hydrogen (secondary N) is 1. The van der Waals surface area contributed by atoms with Gasteiger partial charge in [0.2, 0.25) is 17.4 Å². The minimum absolute atomic E-state index is 0.0315. The molecule has 0 aliphatic heterocycles. The lowest BCUT2D eigenvalue weighted by Gasteiger charge is -2.15. The number of amides is 1. The summed E-state index contributed by atoms with van der Waals surface area (Å²) < 4.78 is 5.95. The number of Topliss-reactive ketones (excluding diaryl/α,β-unsaturated/α-hetero) is 1. The molecule has 0 unspecified atom stereocenters. The van der Waals surface area contributed by atoms with Crippen LogP contribution in [0.2, 0.25) is 10.0 Å². The van der Waals surface area contributed by atoms with Gasteiger partial charge in [0.15, 0.2) is 5.76 Å². The number of furan rings is 1. The molecule has 178 valence electrons. The number of benzene rings is 2. The lowest BCUT2D eigenvalue weighted by atomic mass is 9.88. The van der Waals surface area contributed by atoms with Crippen molar-refractivity contribution in [3.8, 4) is 22.4 Å². The van der Waals surface area contributed by atoms with Crippen molar-refractivity contribution in [1.82, 2.24) is 4.98 Å². The molecule has 0 fully saturated rings. The average molecular weight is 509 g/mol. The number of anilines is 1. The van der Waals surface area contributed by atoms with Gasteiger partial charge in [0, 0.05) is 26.6 Å². The van der Waals surface area contributed by atoms with Crippen LogP contribution in [0.1, 0.15) is 31.3 Å². The SMILES string of the molecule is Bc1ccc(-c2nc3oc(C(=O)C(C)(C)C)c(NC(=O)CO)c3cc2-c2ccc(Cl)cc2)c(Cl)c1. The molecule has 2 heterocycles. The van der Waals surface area contributed by atoms with Crippen LogP contribution in [0.4, 0.5) is 5.69 Å². The Morgan fingerprint density at radius 1 is 1.06 bits per heavy atom. The number of nitrogens with zero attached hydrogens (tertiary/aromatic N) is 1. The van der Waals surface area contributed by atoms with Gasteiger partial charge in [-0.05, 0) is 29.8 Å². The highest BCUT2D eigenvalue weighted by Crippen LogP contribution is 2.41. The molecular formula is C26H23BCl2N2O4. The van der Waals surface area contributed by atoms with Crippen LogP contribution in [-0.2, 0) is 4.79 Å². The standard InChI is InChI=1S/C26H23BCl2N2O4/c1-26(2,3)24(34)23-22(30-20(33)12-32)18-11-17(13-4-7-15(28)8-5-13)21(31-25(18)35-23)16-9-6-14(27)10-19(16)29/h4-11,32H,12,27H2,1-3H3,(H,30,33). The summed E-state index contributed by atoms with van der Waals surface area (Å²) in [5.41, 5.74) is 3.29. The summed E-state index contributed by atoms with van der Waals surface area (Å²) >= 11 is 12.7. The van der Waals surface area contributed by atoms with Crippen molar-refractivity contribution in [1.29, 1.82) is 0 Å². The highest BCUT2D eigenvalue weighted by Gasteiger charge is 2.32. The molecule has 2 aromatic carbocycles. The van der Waals surface area contributed by atoms with Crippen molar-refractivity contribution < 1.29 is 19.1 Å². The second-order valence-corrected chi connectivity index (χ2v) is 10.2. The fourth-order valence-electron chi connectivity index (χ4n) is 3.69. The van der Waals surface area contributed by atoms with Gasteiger partial charge in [-0.15, -0.1) is 0 Å². The molecule has 4 rings (SSSR count). The fourth-order valence-corrected chi connectivity index (χ4v) is 4.14. The first kappa shape index (κ1) is 25.0. The number of pyridine rings is 1. The van der Waals surface area contributed by atoms with E-state index in [1.807, 2.05) is 38.2 Å². The number of halogens is 2. The van der Waals surface area contributed by atoms with E-state index in [2.05, 4.69) is 5.32 Å². The minimum atomic E-state index is -0.783. The number of rotatable bonds is 5. The average Bonchev–Trinajstić information content (AvgIpc) is 3.14. The summed E-state index contributed by atoms with van der Waals surface area (Å²) in [6.07, 6.45) is 0. The summed E-state index contributed by atoms with van der Waals surface area (Å²) in [7, 11) is 1.94. The van der Waals surface area contributed by atoms with Gasteiger partial charge in [-0.25, -0.2) is 4.98 Å². The topological polar surface area (TPSA) is 92.4 Å². The molecule has 4 aromatic rings. The number of carbonyl (C=O) groups is 2. The van der Waals surface area contributed by atoms with Crippen molar-refractivity contribution >= 4 is 65.0 Å². The Kier molecular flexibility index (Phi) is 6.78. The van der Waals surface area contributed by atoms with E-state index in [1.165, 1.54) is 0 Å². The summed E-state index contributed by atoms with van der Waals surface area (Å²) in [4.78, 5) is 30.1. The van der Waals surface area contributed by atoms with Crippen LogP contribution in [0.15, 0.2) is 52.9 Å². The van der Waals surface area contributed by atoms with Crippen molar-refractivity contribution in [3.63, 3.8) is 0 Å². The van der Waals surface area contributed by atoms with E-state index in [0.29, 0.717) is 32.3 Å². The molecule has 0 radical (unpaired) electrons. The zero-order valence-electron chi connectivity index (χ0n) is 19.7. The van der Waals surface area contributed by atoms with Crippen LogP contribution in [-0.4, -0.2) is 36.2 Å². The van der Waals surface area contributed by atoms with E-state index in [4.69, 9.17) is 32.6 Å². The summed E-state index contributed by atoms with van der Waals surface area (Å²) in [5.74, 6) is -1.02. The molecule has 0 saturated carbocycles. The lowest BCUT2D eigenvalue weighted by Crippen LogP contribution is -2.22. The second-order valence-electron chi connectivity index (χ2n) is 9.32. The second kappa shape index (κ2) is 9.49. The monoisotopic (exact) mass is 508 g/mol. The maximum atomic E-state index is 13.2. The normalized spacial score (nSPS) is 11.6. The number of ketones is 1. The zero-order chi connectivity index (χ0) is 25.5. The minimum Gasteiger partial charge on any atom is -0.432 e. The van der Waals surface area contributed by atoms with E-state index < -0.39 is 17.9 Å². The molecular weight excluding hydrogens is 486 g/mol. The first-order valence-corrected chi connectivity index (χ1v) is 11.7. The van der Waals surface area contributed by atoms with Crippen LogP contribution in [0.5, 0.6) is 0 Å². The van der Waals surface area contributed by atoms with E-state index in [1.54, 1.807) is 39.0 Å². The number of hydrogen-bond acceptors (Lipinski definition) is 5. The molecule has 0 spiro atoms. The molecule has 0 atom stereocenters. The smallest absolute Gasteiger partial charge is 0.250 e. The Hall–Kier alpha value is -3.13. The van der Waals surface area contributed by atoms with Crippen LogP contribution in [0, 0.1) is 5.41 Å². The van der Waals surface area contributed by atoms with E-state index >= 15 is 0 Å². The van der Waals surface area contributed by atoms with E-state index in [9.17, 15) is 14.7 Å². The first-order valence-electron chi connectivity index (χ1n) is 10.9. The van der Waals surface area contributed by atoms with Crippen molar-refractivity contribution in [2.75, 3.05) is 11.9 Å². The van der Waals surface area contributed by atoms with Crippen LogP contribution >= 0.6 is 23.2 Å². The summed E-state index contributed by atoms with van der Waals surface area (Å²) in [5, 5.41) is 13.5. The Morgan fingerprint density at radius 2 is 1.74 bits per heavy atom. The number of fused-ring (bicyclic) bond motifs is 1. The third kappa shape index (κ3) is 4.98. The van der Waals surface area contributed by atoms with Crippen molar-refractivity contribution in [2.24, 2.45) is 5.41 Å². The van der Waals surface area contributed by atoms with E-state index in [0.717, 1.165) is 11.0 Å². The molecule has 2 N–H and O–H groups in total. The van der Waals surface area contributed by atoms with Gasteiger partial charge in [-0.1, -0.05) is 73.7 Å². The molecule has 0 bridgehead atoms. The quantitative estimate of drug-likeness (QED) is 0.296. The van der Waals surface area contributed by atoms with Gasteiger partial charge in [0.25, 0.3) is 0 Å². The highest BCUT2D eigenvalue weighted by atomic mass is 35.5. The van der Waals surface area contributed by atoms with Gasteiger partial charge in [-0.3, -0.25) is 9.59 Å². The molecule has 0 aliphatic rings. The first-order chi connectivity index (χ1) is 16.5.